The number of halogens is 2. The normalized spacial score (nSPS) is 20.3. The van der Waals surface area contributed by atoms with Crippen LogP contribution in [0, 0.1) is 11.7 Å². The molecular formula is C27H20ClFN2O5S. The molecule has 1 aromatic carbocycles. The number of rotatable bonds is 5. The summed E-state index contributed by atoms with van der Waals surface area (Å²) in [6, 6.07) is 10.9. The Balaban J connectivity index is 1.25. The number of furan rings is 2. The van der Waals surface area contributed by atoms with Crippen LogP contribution in [0.1, 0.15) is 46.5 Å². The number of esters is 1. The number of carbonyl (C=O) groups excluding carboxylic acids is 2. The van der Waals surface area contributed by atoms with E-state index in [-0.39, 0.29) is 15.8 Å². The summed E-state index contributed by atoms with van der Waals surface area (Å²) in [7, 11) is 0. The predicted octanol–water partition coefficient (Wildman–Crippen LogP) is 6.86. The van der Waals surface area contributed by atoms with Gasteiger partial charge in [-0.25, -0.2) is 14.2 Å². The lowest BCUT2D eigenvalue weighted by molar-refractivity contribution is -0.137. The fourth-order valence-electron chi connectivity index (χ4n) is 4.92. The highest BCUT2D eigenvalue weighted by molar-refractivity contribution is 7.21. The van der Waals surface area contributed by atoms with Crippen LogP contribution in [-0.4, -0.2) is 29.2 Å². The molecule has 0 bridgehead atoms. The molecule has 10 heteroatoms. The Morgan fingerprint density at radius 1 is 1.22 bits per heavy atom. The van der Waals surface area contributed by atoms with Gasteiger partial charge in [-0.3, -0.25) is 4.79 Å². The number of amides is 1. The lowest BCUT2D eigenvalue weighted by Crippen LogP contribution is -2.34. The van der Waals surface area contributed by atoms with Crippen molar-refractivity contribution < 1.29 is 27.6 Å². The van der Waals surface area contributed by atoms with E-state index in [4.69, 9.17) is 30.3 Å². The lowest BCUT2D eigenvalue weighted by atomic mass is 9.79. The fourth-order valence-corrected chi connectivity index (χ4v) is 6.35. The van der Waals surface area contributed by atoms with E-state index in [0.29, 0.717) is 21.6 Å². The van der Waals surface area contributed by atoms with E-state index >= 15 is 0 Å². The zero-order valence-electron chi connectivity index (χ0n) is 19.4. The minimum Gasteiger partial charge on any atom is -0.467 e. The van der Waals surface area contributed by atoms with E-state index in [2.05, 4.69) is 0 Å². The van der Waals surface area contributed by atoms with Crippen LogP contribution in [0.3, 0.4) is 0 Å². The number of fused-ring (bicyclic) bond motifs is 2. The van der Waals surface area contributed by atoms with E-state index in [1.165, 1.54) is 23.2 Å². The SMILES string of the molecule is O=C(OCC(=O)N1N=C2C(=Cc3ccco3)CCCC2C1c1ccco1)c1sc2cc(F)ccc2c1Cl. The van der Waals surface area contributed by atoms with Crippen LogP contribution in [0.25, 0.3) is 16.2 Å². The van der Waals surface area contributed by atoms with Gasteiger partial charge < -0.3 is 13.6 Å². The number of carbonyl (C=O) groups is 2. The first kappa shape index (κ1) is 23.7. The summed E-state index contributed by atoms with van der Waals surface area (Å²) in [6.07, 6.45) is 7.68. The van der Waals surface area contributed by atoms with Gasteiger partial charge in [0, 0.05) is 16.0 Å². The van der Waals surface area contributed by atoms with Crippen molar-refractivity contribution >= 4 is 56.7 Å². The number of hydrazone groups is 1. The third-order valence-corrected chi connectivity index (χ3v) is 8.19. The molecule has 0 saturated heterocycles. The lowest BCUT2D eigenvalue weighted by Gasteiger charge is -2.27. The van der Waals surface area contributed by atoms with E-state index in [0.717, 1.165) is 41.9 Å². The van der Waals surface area contributed by atoms with Gasteiger partial charge in [0.25, 0.3) is 5.91 Å². The van der Waals surface area contributed by atoms with Crippen molar-refractivity contribution in [2.45, 2.75) is 25.3 Å². The molecule has 2 atom stereocenters. The second kappa shape index (κ2) is 9.64. The summed E-state index contributed by atoms with van der Waals surface area (Å²) in [5.74, 6) is -0.411. The van der Waals surface area contributed by atoms with Crippen LogP contribution >= 0.6 is 22.9 Å². The van der Waals surface area contributed by atoms with Crippen LogP contribution < -0.4 is 0 Å². The molecule has 37 heavy (non-hydrogen) atoms. The van der Waals surface area contributed by atoms with Crippen LogP contribution in [-0.2, 0) is 9.53 Å². The van der Waals surface area contributed by atoms with E-state index in [1.807, 2.05) is 24.3 Å². The van der Waals surface area contributed by atoms with Gasteiger partial charge in [0.2, 0.25) is 0 Å². The van der Waals surface area contributed by atoms with Crippen molar-refractivity contribution in [2.24, 2.45) is 11.0 Å². The van der Waals surface area contributed by atoms with Crippen molar-refractivity contribution in [1.29, 1.82) is 0 Å². The molecule has 0 spiro atoms. The molecule has 7 nitrogen and oxygen atoms in total. The molecule has 188 valence electrons. The molecule has 4 aromatic rings. The number of nitrogens with zero attached hydrogens (tertiary/aromatic N) is 2. The van der Waals surface area contributed by atoms with Gasteiger partial charge in [0.05, 0.1) is 23.3 Å². The molecule has 1 aliphatic carbocycles. The third kappa shape index (κ3) is 4.38. The summed E-state index contributed by atoms with van der Waals surface area (Å²) >= 11 is 7.35. The van der Waals surface area contributed by atoms with E-state index in [1.54, 1.807) is 18.6 Å². The predicted molar refractivity (Wildman–Crippen MR) is 137 cm³/mol. The number of hydrogen-bond acceptors (Lipinski definition) is 7. The molecule has 1 aliphatic heterocycles. The Labute approximate surface area is 219 Å². The van der Waals surface area contributed by atoms with Gasteiger partial charge in [-0.1, -0.05) is 11.6 Å². The van der Waals surface area contributed by atoms with E-state index in [9.17, 15) is 14.0 Å². The van der Waals surface area contributed by atoms with Crippen molar-refractivity contribution in [3.63, 3.8) is 0 Å². The first-order valence-electron chi connectivity index (χ1n) is 11.7. The maximum absolute atomic E-state index is 13.6. The van der Waals surface area contributed by atoms with Crippen LogP contribution in [0.5, 0.6) is 0 Å². The van der Waals surface area contributed by atoms with Crippen molar-refractivity contribution in [3.05, 3.63) is 87.8 Å². The van der Waals surface area contributed by atoms with Crippen LogP contribution in [0.15, 0.2) is 74.5 Å². The van der Waals surface area contributed by atoms with Gasteiger partial charge >= 0.3 is 5.97 Å². The second-order valence-electron chi connectivity index (χ2n) is 8.83. The number of allylic oxidation sites excluding steroid dienone is 1. The highest BCUT2D eigenvalue weighted by Crippen LogP contribution is 2.44. The first-order chi connectivity index (χ1) is 18.0. The molecule has 1 fully saturated rings. The number of ether oxygens (including phenoxy) is 1. The number of hydrogen-bond donors (Lipinski definition) is 0. The van der Waals surface area contributed by atoms with Gasteiger partial charge in [0.15, 0.2) is 6.61 Å². The smallest absolute Gasteiger partial charge is 0.350 e. The molecule has 3 aromatic heterocycles. The monoisotopic (exact) mass is 538 g/mol. The average molecular weight is 539 g/mol. The van der Waals surface area contributed by atoms with Crippen molar-refractivity contribution in [3.8, 4) is 0 Å². The minimum atomic E-state index is -0.753. The standard InChI is InChI=1S/C27H20ClFN2O5S/c28-23-18-9-8-16(29)13-21(18)37-26(23)27(33)36-14-22(32)31-25(20-7-3-11-35-20)19-6-1-4-15(24(19)30-31)12-17-5-2-10-34-17/h2-3,5,7-13,19,25H,1,4,6,14H2. The Kier molecular flexibility index (Phi) is 6.18. The first-order valence-corrected chi connectivity index (χ1v) is 12.9. The van der Waals surface area contributed by atoms with Crippen LogP contribution in [0.4, 0.5) is 4.39 Å². The van der Waals surface area contributed by atoms with Crippen LogP contribution in [0.2, 0.25) is 5.02 Å². The maximum atomic E-state index is 13.6. The molecule has 0 N–H and O–H groups in total. The molecular weight excluding hydrogens is 519 g/mol. The van der Waals surface area contributed by atoms with Gasteiger partial charge in [0.1, 0.15) is 28.3 Å². The largest absolute Gasteiger partial charge is 0.467 e. The Hall–Kier alpha value is -3.69. The highest BCUT2D eigenvalue weighted by atomic mass is 35.5. The molecule has 4 heterocycles. The van der Waals surface area contributed by atoms with E-state index < -0.39 is 30.3 Å². The molecule has 1 amide bonds. The quantitative estimate of drug-likeness (QED) is 0.259. The zero-order valence-corrected chi connectivity index (χ0v) is 20.9. The zero-order chi connectivity index (χ0) is 25.5. The summed E-state index contributed by atoms with van der Waals surface area (Å²) in [6.45, 7) is -0.532. The fraction of sp³-hybridized carbons (Fsp3) is 0.222. The molecule has 0 radical (unpaired) electrons. The van der Waals surface area contributed by atoms with Crippen molar-refractivity contribution in [1.82, 2.24) is 5.01 Å². The van der Waals surface area contributed by atoms with Gasteiger partial charge in [-0.15, -0.1) is 11.3 Å². The van der Waals surface area contributed by atoms with Gasteiger partial charge in [-0.2, -0.15) is 5.10 Å². The molecule has 1 saturated carbocycles. The molecule has 2 unspecified atom stereocenters. The average Bonchev–Trinajstić information content (AvgIpc) is 3.69. The summed E-state index contributed by atoms with van der Waals surface area (Å²) < 4.78 is 30.6. The third-order valence-electron chi connectivity index (χ3n) is 6.56. The Morgan fingerprint density at radius 3 is 2.84 bits per heavy atom. The summed E-state index contributed by atoms with van der Waals surface area (Å²) in [5.41, 5.74) is 1.80. The minimum absolute atomic E-state index is 0.0623. The summed E-state index contributed by atoms with van der Waals surface area (Å²) in [5, 5.41) is 6.78. The summed E-state index contributed by atoms with van der Waals surface area (Å²) in [4.78, 5) is 26.2. The number of benzene rings is 1. The molecule has 2 aliphatic rings. The molecule has 6 rings (SSSR count). The Morgan fingerprint density at radius 2 is 2.05 bits per heavy atom. The van der Waals surface area contributed by atoms with Crippen molar-refractivity contribution in [2.75, 3.05) is 6.61 Å². The van der Waals surface area contributed by atoms with Gasteiger partial charge in [-0.05, 0) is 73.4 Å². The topological polar surface area (TPSA) is 85.3 Å². The number of thiophene rings is 1. The maximum Gasteiger partial charge on any atom is 0.350 e. The highest BCUT2D eigenvalue weighted by Gasteiger charge is 2.45. The Bertz CT molecular complexity index is 1540. The second-order valence-corrected chi connectivity index (χ2v) is 10.3.